The van der Waals surface area contributed by atoms with Crippen LogP contribution in [0.25, 0.3) is 22.2 Å². The van der Waals surface area contributed by atoms with Gasteiger partial charge in [0.25, 0.3) is 5.56 Å². The van der Waals surface area contributed by atoms with Gasteiger partial charge >= 0.3 is 0 Å². The van der Waals surface area contributed by atoms with Crippen molar-refractivity contribution in [2.75, 3.05) is 5.73 Å². The summed E-state index contributed by atoms with van der Waals surface area (Å²) in [5.74, 6) is 0.852. The van der Waals surface area contributed by atoms with Gasteiger partial charge in [0.2, 0.25) is 0 Å². The smallest absolute Gasteiger partial charge is 0.259 e. The van der Waals surface area contributed by atoms with Gasteiger partial charge in [0.1, 0.15) is 17.3 Å². The standard InChI is InChI=1S/C21H16Cl2N4O/c1-27-20-14(11-13(21(27)28)18-15(22)8-5-9-16(18)23)19(24)25-17(26-20)10-12-6-3-2-4-7-12/h2-9,11H,10H2,1H3,(H2,24,25,26). The zero-order valence-corrected chi connectivity index (χ0v) is 16.5. The van der Waals surface area contributed by atoms with Crippen LogP contribution in [0.4, 0.5) is 5.82 Å². The number of hydrogen-bond acceptors (Lipinski definition) is 4. The summed E-state index contributed by atoms with van der Waals surface area (Å²) in [5, 5.41) is 1.36. The molecule has 140 valence electrons. The van der Waals surface area contributed by atoms with Crippen LogP contribution in [-0.2, 0) is 13.5 Å². The Balaban J connectivity index is 1.92. The van der Waals surface area contributed by atoms with Gasteiger partial charge in [-0.3, -0.25) is 9.36 Å². The summed E-state index contributed by atoms with van der Waals surface area (Å²) in [6, 6.07) is 16.6. The number of fused-ring (bicyclic) bond motifs is 1. The van der Waals surface area contributed by atoms with Gasteiger partial charge in [0.15, 0.2) is 0 Å². The van der Waals surface area contributed by atoms with Crippen LogP contribution in [0.3, 0.4) is 0 Å². The van der Waals surface area contributed by atoms with Gasteiger partial charge < -0.3 is 5.73 Å². The first kappa shape index (κ1) is 18.5. The van der Waals surface area contributed by atoms with Crippen molar-refractivity contribution in [3.63, 3.8) is 0 Å². The minimum absolute atomic E-state index is 0.258. The average Bonchev–Trinajstić information content (AvgIpc) is 2.67. The van der Waals surface area contributed by atoms with Crippen molar-refractivity contribution in [1.82, 2.24) is 14.5 Å². The summed E-state index contributed by atoms with van der Waals surface area (Å²) in [6.45, 7) is 0. The molecule has 0 saturated heterocycles. The normalized spacial score (nSPS) is 11.1. The zero-order chi connectivity index (χ0) is 19.8. The van der Waals surface area contributed by atoms with E-state index < -0.39 is 0 Å². The molecule has 4 rings (SSSR count). The monoisotopic (exact) mass is 410 g/mol. The molecule has 0 spiro atoms. The Labute approximate surface area is 171 Å². The van der Waals surface area contributed by atoms with E-state index in [-0.39, 0.29) is 5.56 Å². The number of nitrogens with zero attached hydrogens (tertiary/aromatic N) is 3. The summed E-state index contributed by atoms with van der Waals surface area (Å²) in [4.78, 5) is 22.0. The molecule has 2 aromatic heterocycles. The largest absolute Gasteiger partial charge is 0.383 e. The van der Waals surface area contributed by atoms with Crippen LogP contribution < -0.4 is 11.3 Å². The number of hydrogen-bond donors (Lipinski definition) is 1. The summed E-state index contributed by atoms with van der Waals surface area (Å²) >= 11 is 12.6. The van der Waals surface area contributed by atoms with E-state index in [0.717, 1.165) is 5.56 Å². The van der Waals surface area contributed by atoms with Crippen LogP contribution in [0.1, 0.15) is 11.4 Å². The van der Waals surface area contributed by atoms with E-state index in [4.69, 9.17) is 28.9 Å². The molecule has 0 aliphatic rings. The molecule has 0 unspecified atom stereocenters. The highest BCUT2D eigenvalue weighted by molar-refractivity contribution is 6.39. The molecule has 0 fully saturated rings. The second kappa shape index (κ2) is 7.26. The first-order valence-corrected chi connectivity index (χ1v) is 9.35. The first-order chi connectivity index (χ1) is 13.5. The fraction of sp³-hybridized carbons (Fsp3) is 0.0952. The quantitative estimate of drug-likeness (QED) is 0.540. The maximum atomic E-state index is 13.0. The minimum Gasteiger partial charge on any atom is -0.383 e. The predicted octanol–water partition coefficient (Wildman–Crippen LogP) is 4.48. The molecular weight excluding hydrogens is 395 g/mol. The minimum atomic E-state index is -0.258. The van der Waals surface area contributed by atoms with E-state index in [1.165, 1.54) is 4.57 Å². The lowest BCUT2D eigenvalue weighted by Crippen LogP contribution is -2.21. The van der Waals surface area contributed by atoms with Crippen molar-refractivity contribution in [2.24, 2.45) is 7.05 Å². The van der Waals surface area contributed by atoms with Gasteiger partial charge in [-0.1, -0.05) is 59.6 Å². The number of benzene rings is 2. The molecule has 0 aliphatic carbocycles. The number of halogens is 2. The molecular formula is C21H16Cl2N4O. The number of aryl methyl sites for hydroxylation is 1. The first-order valence-electron chi connectivity index (χ1n) is 8.60. The van der Waals surface area contributed by atoms with Crippen LogP contribution >= 0.6 is 23.2 Å². The molecule has 0 bridgehead atoms. The Morgan fingerprint density at radius 1 is 1.00 bits per heavy atom. The second-order valence-electron chi connectivity index (χ2n) is 6.44. The van der Waals surface area contributed by atoms with Crippen LogP contribution in [0.5, 0.6) is 0 Å². The molecule has 0 saturated carbocycles. The Morgan fingerprint density at radius 3 is 2.36 bits per heavy atom. The van der Waals surface area contributed by atoms with E-state index >= 15 is 0 Å². The highest BCUT2D eigenvalue weighted by Gasteiger charge is 2.17. The van der Waals surface area contributed by atoms with E-state index in [9.17, 15) is 4.79 Å². The summed E-state index contributed by atoms with van der Waals surface area (Å²) < 4.78 is 1.46. The lowest BCUT2D eigenvalue weighted by Gasteiger charge is -2.13. The summed E-state index contributed by atoms with van der Waals surface area (Å²) in [5.41, 5.74) is 8.32. The Bertz CT molecular complexity index is 1230. The van der Waals surface area contributed by atoms with Crippen LogP contribution in [-0.4, -0.2) is 14.5 Å². The third-order valence-electron chi connectivity index (χ3n) is 4.58. The molecule has 0 aliphatic heterocycles. The number of nitrogen functional groups attached to an aromatic ring is 1. The summed E-state index contributed by atoms with van der Waals surface area (Å²) in [6.07, 6.45) is 0.521. The van der Waals surface area contributed by atoms with Gasteiger partial charge in [-0.05, 0) is 23.8 Å². The lowest BCUT2D eigenvalue weighted by atomic mass is 10.1. The number of pyridine rings is 1. The highest BCUT2D eigenvalue weighted by Crippen LogP contribution is 2.34. The van der Waals surface area contributed by atoms with Crippen molar-refractivity contribution in [3.05, 3.63) is 86.4 Å². The number of nitrogens with two attached hydrogens (primary N) is 1. The number of aromatic nitrogens is 3. The number of anilines is 1. The molecule has 4 aromatic rings. The van der Waals surface area contributed by atoms with Crippen molar-refractivity contribution < 1.29 is 0 Å². The van der Waals surface area contributed by atoms with Crippen molar-refractivity contribution in [3.8, 4) is 11.1 Å². The third-order valence-corrected chi connectivity index (χ3v) is 5.21. The Kier molecular flexibility index (Phi) is 4.79. The van der Waals surface area contributed by atoms with Gasteiger partial charge in [-0.2, -0.15) is 0 Å². The summed E-state index contributed by atoms with van der Waals surface area (Å²) in [7, 11) is 1.65. The van der Waals surface area contributed by atoms with Gasteiger partial charge in [0.05, 0.1) is 21.0 Å². The fourth-order valence-corrected chi connectivity index (χ4v) is 3.79. The molecule has 2 N–H and O–H groups in total. The lowest BCUT2D eigenvalue weighted by molar-refractivity contribution is 0.870. The fourth-order valence-electron chi connectivity index (χ4n) is 3.19. The molecule has 2 aromatic carbocycles. The maximum Gasteiger partial charge on any atom is 0.259 e. The molecule has 0 radical (unpaired) electrons. The van der Waals surface area contributed by atoms with Crippen molar-refractivity contribution in [1.29, 1.82) is 0 Å². The highest BCUT2D eigenvalue weighted by atomic mass is 35.5. The molecule has 5 nitrogen and oxygen atoms in total. The average molecular weight is 411 g/mol. The second-order valence-corrected chi connectivity index (χ2v) is 7.26. The van der Waals surface area contributed by atoms with E-state index in [0.29, 0.717) is 50.3 Å². The van der Waals surface area contributed by atoms with Crippen LogP contribution in [0, 0.1) is 0 Å². The number of rotatable bonds is 3. The predicted molar refractivity (Wildman–Crippen MR) is 114 cm³/mol. The molecule has 28 heavy (non-hydrogen) atoms. The van der Waals surface area contributed by atoms with Gasteiger partial charge in [0, 0.05) is 19.0 Å². The van der Waals surface area contributed by atoms with Crippen LogP contribution in [0.2, 0.25) is 10.0 Å². The molecule has 0 amide bonds. The van der Waals surface area contributed by atoms with Gasteiger partial charge in [-0.15, -0.1) is 0 Å². The Hall–Kier alpha value is -2.89. The molecule has 2 heterocycles. The van der Waals surface area contributed by atoms with Crippen molar-refractivity contribution >= 4 is 40.1 Å². The van der Waals surface area contributed by atoms with E-state index in [1.54, 1.807) is 31.3 Å². The van der Waals surface area contributed by atoms with E-state index in [2.05, 4.69) is 9.97 Å². The molecule has 7 heteroatoms. The van der Waals surface area contributed by atoms with E-state index in [1.807, 2.05) is 30.3 Å². The molecule has 0 atom stereocenters. The van der Waals surface area contributed by atoms with Crippen molar-refractivity contribution in [2.45, 2.75) is 6.42 Å². The SMILES string of the molecule is Cn1c(=O)c(-c2c(Cl)cccc2Cl)cc2c(N)nc(Cc3ccccc3)nc21. The van der Waals surface area contributed by atoms with Crippen LogP contribution in [0.15, 0.2) is 59.4 Å². The Morgan fingerprint density at radius 2 is 1.68 bits per heavy atom. The third kappa shape index (κ3) is 3.23. The zero-order valence-electron chi connectivity index (χ0n) is 15.0. The van der Waals surface area contributed by atoms with Gasteiger partial charge in [-0.25, -0.2) is 9.97 Å². The maximum absolute atomic E-state index is 13.0. The topological polar surface area (TPSA) is 73.8 Å².